The Balaban J connectivity index is 0.00000380. The minimum absolute atomic E-state index is 0. The topological polar surface area (TPSA) is 94.2 Å². The van der Waals surface area contributed by atoms with Crippen LogP contribution >= 0.6 is 24.2 Å². The van der Waals surface area contributed by atoms with Crippen molar-refractivity contribution in [3.8, 4) is 5.75 Å². The van der Waals surface area contributed by atoms with Crippen LogP contribution in [0, 0.1) is 5.92 Å². The number of amides is 1. The molecule has 2 heterocycles. The van der Waals surface area contributed by atoms with E-state index >= 15 is 0 Å². The standard InChI is InChI=1S/C27H32N2O6S.ClH/c1-16(34-17(2)30)24(20-13-14-28-15-20)29-22-7-5-6-8-23(22)36-26(25(27(29)32)35-18(3)31)19-9-11-21(33-4)12-10-19;/h5-12,16,20,24-26,28H,13-15H2,1-4H3;1H/t16?,20?,24?,25-,26+;/m0./s1. The molecule has 0 aliphatic carbocycles. The lowest BCUT2D eigenvalue weighted by Gasteiger charge is -2.39. The zero-order valence-corrected chi connectivity index (χ0v) is 23.0. The van der Waals surface area contributed by atoms with E-state index < -0.39 is 35.4 Å². The Bertz CT molecular complexity index is 1110. The van der Waals surface area contributed by atoms with Gasteiger partial charge in [0.15, 0.2) is 6.10 Å². The summed E-state index contributed by atoms with van der Waals surface area (Å²) < 4.78 is 16.7. The molecule has 5 atom stereocenters. The molecule has 1 N–H and O–H groups in total. The molecule has 3 unspecified atom stereocenters. The first-order valence-corrected chi connectivity index (χ1v) is 13.0. The molecule has 2 aromatic carbocycles. The summed E-state index contributed by atoms with van der Waals surface area (Å²) in [7, 11) is 1.59. The van der Waals surface area contributed by atoms with E-state index in [1.54, 1.807) is 12.0 Å². The maximum absolute atomic E-state index is 14.4. The Kier molecular flexibility index (Phi) is 9.87. The molecular formula is C27H33ClN2O6S. The maximum atomic E-state index is 14.4. The molecule has 0 spiro atoms. The number of nitrogens with one attached hydrogen (secondary N) is 1. The molecule has 1 saturated heterocycles. The zero-order valence-electron chi connectivity index (χ0n) is 21.3. The number of rotatable bonds is 7. The summed E-state index contributed by atoms with van der Waals surface area (Å²) in [4.78, 5) is 41.1. The van der Waals surface area contributed by atoms with E-state index in [0.717, 1.165) is 29.1 Å². The third kappa shape index (κ3) is 6.40. The van der Waals surface area contributed by atoms with Crippen LogP contribution in [0.3, 0.4) is 0 Å². The Morgan fingerprint density at radius 2 is 1.78 bits per heavy atom. The fourth-order valence-corrected chi connectivity index (χ4v) is 6.39. The molecule has 10 heteroatoms. The van der Waals surface area contributed by atoms with Gasteiger partial charge in [-0.15, -0.1) is 24.2 Å². The van der Waals surface area contributed by atoms with Crippen molar-refractivity contribution in [2.45, 2.75) is 55.6 Å². The van der Waals surface area contributed by atoms with Crippen molar-refractivity contribution in [1.29, 1.82) is 0 Å². The summed E-state index contributed by atoms with van der Waals surface area (Å²) >= 11 is 1.48. The largest absolute Gasteiger partial charge is 0.497 e. The van der Waals surface area contributed by atoms with Gasteiger partial charge in [0.25, 0.3) is 5.91 Å². The van der Waals surface area contributed by atoms with Crippen LogP contribution in [0.1, 0.15) is 38.0 Å². The number of hydrogen-bond donors (Lipinski definition) is 1. The van der Waals surface area contributed by atoms with Crippen LogP contribution in [-0.2, 0) is 23.9 Å². The lowest BCUT2D eigenvalue weighted by molar-refractivity contribution is -0.154. The second-order valence-corrected chi connectivity index (χ2v) is 10.3. The van der Waals surface area contributed by atoms with E-state index in [1.807, 2.05) is 55.5 Å². The third-order valence-electron chi connectivity index (χ3n) is 6.58. The van der Waals surface area contributed by atoms with Crippen molar-refractivity contribution in [2.75, 3.05) is 25.1 Å². The van der Waals surface area contributed by atoms with E-state index in [-0.39, 0.29) is 24.2 Å². The van der Waals surface area contributed by atoms with Gasteiger partial charge in [0.1, 0.15) is 11.9 Å². The van der Waals surface area contributed by atoms with Crippen molar-refractivity contribution in [3.63, 3.8) is 0 Å². The number of hydrogen-bond acceptors (Lipinski definition) is 8. The first-order chi connectivity index (χ1) is 17.3. The number of methoxy groups -OCH3 is 1. The summed E-state index contributed by atoms with van der Waals surface area (Å²) in [5, 5.41) is 2.88. The van der Waals surface area contributed by atoms with Gasteiger partial charge in [0.2, 0.25) is 0 Å². The fourth-order valence-electron chi connectivity index (χ4n) is 5.08. The molecule has 37 heavy (non-hydrogen) atoms. The number of carbonyl (C=O) groups is 3. The van der Waals surface area contributed by atoms with Crippen LogP contribution in [0.15, 0.2) is 53.4 Å². The van der Waals surface area contributed by atoms with Gasteiger partial charge < -0.3 is 24.4 Å². The SMILES string of the molecule is COc1ccc([C@H]2Sc3ccccc3N(C(C3CCNC3)C(C)OC(C)=O)C(=O)[C@H]2OC(C)=O)cc1.Cl. The molecule has 2 aliphatic rings. The third-order valence-corrected chi connectivity index (χ3v) is 7.96. The monoisotopic (exact) mass is 548 g/mol. The number of nitrogens with zero attached hydrogens (tertiary/aromatic N) is 1. The highest BCUT2D eigenvalue weighted by Crippen LogP contribution is 2.48. The second kappa shape index (κ2) is 12.7. The van der Waals surface area contributed by atoms with Crippen LogP contribution in [0.2, 0.25) is 0 Å². The number of anilines is 1. The first-order valence-electron chi connectivity index (χ1n) is 12.1. The van der Waals surface area contributed by atoms with Gasteiger partial charge in [0.05, 0.1) is 24.1 Å². The Labute approximate surface area is 227 Å². The number of para-hydroxylation sites is 1. The molecule has 200 valence electrons. The molecule has 4 rings (SSSR count). The summed E-state index contributed by atoms with van der Waals surface area (Å²) in [6, 6.07) is 14.7. The van der Waals surface area contributed by atoms with Gasteiger partial charge in [-0.25, -0.2) is 0 Å². The highest BCUT2D eigenvalue weighted by molar-refractivity contribution is 7.99. The van der Waals surface area contributed by atoms with E-state index in [4.69, 9.17) is 14.2 Å². The van der Waals surface area contributed by atoms with Crippen molar-refractivity contribution < 1.29 is 28.6 Å². The molecule has 0 radical (unpaired) electrons. The van der Waals surface area contributed by atoms with Gasteiger partial charge in [-0.3, -0.25) is 14.4 Å². The predicted octanol–water partition coefficient (Wildman–Crippen LogP) is 4.16. The van der Waals surface area contributed by atoms with Gasteiger partial charge in [0, 0.05) is 25.3 Å². The molecule has 1 amide bonds. The minimum Gasteiger partial charge on any atom is -0.497 e. The molecule has 2 aliphatic heterocycles. The number of esters is 2. The quantitative estimate of drug-likeness (QED) is 0.516. The van der Waals surface area contributed by atoms with E-state index in [2.05, 4.69) is 5.32 Å². The van der Waals surface area contributed by atoms with Crippen LogP contribution in [0.5, 0.6) is 5.75 Å². The maximum Gasteiger partial charge on any atom is 0.303 e. The second-order valence-electron chi connectivity index (χ2n) is 9.08. The van der Waals surface area contributed by atoms with E-state index in [9.17, 15) is 14.4 Å². The molecule has 0 saturated carbocycles. The lowest BCUT2D eigenvalue weighted by atomic mass is 9.91. The first kappa shape index (κ1) is 28.8. The van der Waals surface area contributed by atoms with Crippen molar-refractivity contribution >= 4 is 47.7 Å². The van der Waals surface area contributed by atoms with Crippen LogP contribution in [0.4, 0.5) is 5.69 Å². The van der Waals surface area contributed by atoms with Crippen molar-refractivity contribution in [1.82, 2.24) is 5.32 Å². The number of halogens is 1. The molecular weight excluding hydrogens is 516 g/mol. The summed E-state index contributed by atoms with van der Waals surface area (Å²) in [6.07, 6.45) is -0.810. The van der Waals surface area contributed by atoms with E-state index in [1.165, 1.54) is 25.6 Å². The minimum atomic E-state index is -1.07. The zero-order chi connectivity index (χ0) is 25.8. The average Bonchev–Trinajstić information content (AvgIpc) is 3.35. The normalized spacial score (nSPS) is 22.6. The van der Waals surface area contributed by atoms with Crippen LogP contribution < -0.4 is 15.0 Å². The molecule has 0 bridgehead atoms. The van der Waals surface area contributed by atoms with Crippen LogP contribution in [-0.4, -0.2) is 56.3 Å². The van der Waals surface area contributed by atoms with E-state index in [0.29, 0.717) is 12.3 Å². The Hall–Kier alpha value is -2.75. The molecule has 2 aromatic rings. The van der Waals surface area contributed by atoms with Gasteiger partial charge in [-0.05, 0) is 55.6 Å². The fraction of sp³-hybridized carbons (Fsp3) is 0.444. The van der Waals surface area contributed by atoms with Gasteiger partial charge in [-0.1, -0.05) is 24.3 Å². The van der Waals surface area contributed by atoms with Crippen molar-refractivity contribution in [3.05, 3.63) is 54.1 Å². The van der Waals surface area contributed by atoms with Gasteiger partial charge in [-0.2, -0.15) is 0 Å². The van der Waals surface area contributed by atoms with Crippen molar-refractivity contribution in [2.24, 2.45) is 5.92 Å². The average molecular weight is 549 g/mol. The summed E-state index contributed by atoms with van der Waals surface area (Å²) in [5.74, 6) is -0.531. The smallest absolute Gasteiger partial charge is 0.303 e. The summed E-state index contributed by atoms with van der Waals surface area (Å²) in [6.45, 7) is 6.00. The highest BCUT2D eigenvalue weighted by Gasteiger charge is 2.47. The molecule has 1 fully saturated rings. The number of fused-ring (bicyclic) bond motifs is 1. The summed E-state index contributed by atoms with van der Waals surface area (Å²) in [5.41, 5.74) is 1.56. The number of benzene rings is 2. The highest BCUT2D eigenvalue weighted by atomic mass is 35.5. The Morgan fingerprint density at radius 3 is 2.38 bits per heavy atom. The molecule has 0 aromatic heterocycles. The molecule has 8 nitrogen and oxygen atoms in total. The Morgan fingerprint density at radius 1 is 1.08 bits per heavy atom. The number of ether oxygens (including phenoxy) is 3. The lowest BCUT2D eigenvalue weighted by Crippen LogP contribution is -2.55. The predicted molar refractivity (Wildman–Crippen MR) is 144 cm³/mol. The van der Waals surface area contributed by atoms with Crippen LogP contribution in [0.25, 0.3) is 0 Å². The number of thioether (sulfide) groups is 1. The van der Waals surface area contributed by atoms with Gasteiger partial charge >= 0.3 is 11.9 Å². The number of carbonyl (C=O) groups excluding carboxylic acids is 3.